The maximum Gasteiger partial charge on any atom is 0.266 e. The Labute approximate surface area is 180 Å². The molecule has 0 saturated carbocycles. The van der Waals surface area contributed by atoms with Gasteiger partial charge in [0.15, 0.2) is 5.16 Å². The number of thioether (sulfide) groups is 1. The SMILES string of the molecule is CCc1ccc(-n2c(SCCOc3ccc(C)cc3)nc3ccccc3c2=O)cc1. The summed E-state index contributed by atoms with van der Waals surface area (Å²) in [6.45, 7) is 4.70. The van der Waals surface area contributed by atoms with Gasteiger partial charge in [0.25, 0.3) is 5.56 Å². The van der Waals surface area contributed by atoms with Gasteiger partial charge in [0.1, 0.15) is 5.75 Å². The third-order valence-corrected chi connectivity index (χ3v) is 5.85. The van der Waals surface area contributed by atoms with Gasteiger partial charge in [0.2, 0.25) is 0 Å². The van der Waals surface area contributed by atoms with Crippen molar-refractivity contribution in [3.05, 3.63) is 94.3 Å². The number of hydrogen-bond donors (Lipinski definition) is 0. The summed E-state index contributed by atoms with van der Waals surface area (Å²) < 4.78 is 7.55. The molecule has 0 atom stereocenters. The zero-order valence-corrected chi connectivity index (χ0v) is 18.0. The molecular formula is C25H24N2O2S. The molecule has 1 heterocycles. The van der Waals surface area contributed by atoms with E-state index in [0.29, 0.717) is 28.4 Å². The van der Waals surface area contributed by atoms with Gasteiger partial charge in [0, 0.05) is 5.75 Å². The Morgan fingerprint density at radius 1 is 0.967 bits per heavy atom. The molecule has 0 spiro atoms. The topological polar surface area (TPSA) is 44.1 Å². The van der Waals surface area contributed by atoms with Crippen molar-refractivity contribution in [1.82, 2.24) is 9.55 Å². The number of para-hydroxylation sites is 1. The van der Waals surface area contributed by atoms with Crippen molar-refractivity contribution in [2.24, 2.45) is 0 Å². The third kappa shape index (κ3) is 4.41. The normalized spacial score (nSPS) is 11.0. The molecule has 0 saturated heterocycles. The highest BCUT2D eigenvalue weighted by Crippen LogP contribution is 2.22. The molecule has 0 unspecified atom stereocenters. The van der Waals surface area contributed by atoms with Gasteiger partial charge >= 0.3 is 0 Å². The highest BCUT2D eigenvalue weighted by atomic mass is 32.2. The van der Waals surface area contributed by atoms with Crippen LogP contribution >= 0.6 is 11.8 Å². The van der Waals surface area contributed by atoms with Crippen LogP contribution in [0.2, 0.25) is 0 Å². The number of nitrogens with zero attached hydrogens (tertiary/aromatic N) is 2. The second-order valence-electron chi connectivity index (χ2n) is 7.08. The molecule has 4 nitrogen and oxygen atoms in total. The van der Waals surface area contributed by atoms with Gasteiger partial charge < -0.3 is 4.74 Å². The monoisotopic (exact) mass is 416 g/mol. The molecule has 0 aliphatic carbocycles. The first-order chi connectivity index (χ1) is 14.7. The molecule has 0 aliphatic heterocycles. The van der Waals surface area contributed by atoms with Crippen LogP contribution in [-0.2, 0) is 6.42 Å². The zero-order valence-electron chi connectivity index (χ0n) is 17.2. The van der Waals surface area contributed by atoms with Gasteiger partial charge in [-0.3, -0.25) is 9.36 Å². The molecule has 4 aromatic rings. The minimum absolute atomic E-state index is 0.0493. The highest BCUT2D eigenvalue weighted by molar-refractivity contribution is 7.99. The van der Waals surface area contributed by atoms with Crippen LogP contribution in [0.3, 0.4) is 0 Å². The van der Waals surface area contributed by atoms with Gasteiger partial charge in [-0.25, -0.2) is 4.98 Å². The van der Waals surface area contributed by atoms with E-state index >= 15 is 0 Å². The summed E-state index contributed by atoms with van der Waals surface area (Å²) in [6, 6.07) is 23.6. The van der Waals surface area contributed by atoms with Crippen LogP contribution in [0.25, 0.3) is 16.6 Å². The number of hydrogen-bond acceptors (Lipinski definition) is 4. The minimum Gasteiger partial charge on any atom is -0.493 e. The summed E-state index contributed by atoms with van der Waals surface area (Å²) in [5.41, 5.74) is 3.94. The fraction of sp³-hybridized carbons (Fsp3) is 0.200. The van der Waals surface area contributed by atoms with E-state index in [0.717, 1.165) is 17.9 Å². The van der Waals surface area contributed by atoms with Crippen molar-refractivity contribution in [3.8, 4) is 11.4 Å². The Morgan fingerprint density at radius 3 is 2.43 bits per heavy atom. The first kappa shape index (κ1) is 20.2. The lowest BCUT2D eigenvalue weighted by atomic mass is 10.1. The van der Waals surface area contributed by atoms with Gasteiger partial charge in [-0.05, 0) is 55.3 Å². The summed E-state index contributed by atoms with van der Waals surface area (Å²) in [5, 5.41) is 1.30. The Morgan fingerprint density at radius 2 is 1.70 bits per heavy atom. The van der Waals surface area contributed by atoms with E-state index < -0.39 is 0 Å². The van der Waals surface area contributed by atoms with E-state index in [1.54, 1.807) is 4.57 Å². The molecule has 152 valence electrons. The lowest BCUT2D eigenvalue weighted by molar-refractivity contribution is 0.344. The maximum atomic E-state index is 13.3. The molecule has 30 heavy (non-hydrogen) atoms. The average Bonchev–Trinajstić information content (AvgIpc) is 2.78. The molecule has 3 aromatic carbocycles. The van der Waals surface area contributed by atoms with Crippen molar-refractivity contribution < 1.29 is 4.74 Å². The third-order valence-electron chi connectivity index (χ3n) is 4.95. The van der Waals surface area contributed by atoms with Gasteiger partial charge in [0.05, 0.1) is 23.2 Å². The van der Waals surface area contributed by atoms with Crippen LogP contribution in [0.5, 0.6) is 5.75 Å². The van der Waals surface area contributed by atoms with Crippen molar-refractivity contribution in [2.45, 2.75) is 25.4 Å². The minimum atomic E-state index is -0.0493. The van der Waals surface area contributed by atoms with Gasteiger partial charge in [-0.2, -0.15) is 0 Å². The van der Waals surface area contributed by atoms with Crippen molar-refractivity contribution in [3.63, 3.8) is 0 Å². The van der Waals surface area contributed by atoms with Crippen molar-refractivity contribution in [1.29, 1.82) is 0 Å². The van der Waals surface area contributed by atoms with E-state index in [2.05, 4.69) is 26.0 Å². The van der Waals surface area contributed by atoms with E-state index in [9.17, 15) is 4.79 Å². The average molecular weight is 417 g/mol. The van der Waals surface area contributed by atoms with Crippen LogP contribution in [0, 0.1) is 6.92 Å². The number of aryl methyl sites for hydroxylation is 2. The lowest BCUT2D eigenvalue weighted by Gasteiger charge is -2.14. The number of aromatic nitrogens is 2. The fourth-order valence-electron chi connectivity index (χ4n) is 3.24. The molecule has 0 fully saturated rings. The summed E-state index contributed by atoms with van der Waals surface area (Å²) in [5.74, 6) is 1.53. The van der Waals surface area contributed by atoms with E-state index in [1.165, 1.54) is 22.9 Å². The van der Waals surface area contributed by atoms with Crippen LogP contribution in [-0.4, -0.2) is 21.9 Å². The molecule has 0 bridgehead atoms. The largest absolute Gasteiger partial charge is 0.493 e. The molecule has 0 radical (unpaired) electrons. The van der Waals surface area contributed by atoms with Crippen LogP contribution in [0.4, 0.5) is 0 Å². The van der Waals surface area contributed by atoms with Crippen LogP contribution in [0.1, 0.15) is 18.1 Å². The second-order valence-corrected chi connectivity index (χ2v) is 8.14. The van der Waals surface area contributed by atoms with E-state index in [4.69, 9.17) is 9.72 Å². The fourth-order valence-corrected chi connectivity index (χ4v) is 4.07. The number of fused-ring (bicyclic) bond motifs is 1. The number of rotatable bonds is 7. The lowest BCUT2D eigenvalue weighted by Crippen LogP contribution is -2.22. The molecule has 0 aliphatic rings. The predicted octanol–water partition coefficient (Wildman–Crippen LogP) is 5.43. The molecule has 1 aromatic heterocycles. The van der Waals surface area contributed by atoms with Gasteiger partial charge in [-0.1, -0.05) is 60.6 Å². The molecule has 0 N–H and O–H groups in total. The Balaban J connectivity index is 1.61. The first-order valence-electron chi connectivity index (χ1n) is 10.1. The van der Waals surface area contributed by atoms with Gasteiger partial charge in [-0.15, -0.1) is 0 Å². The standard InChI is InChI=1S/C25H24N2O2S/c1-3-19-10-12-20(13-11-19)27-24(28)22-6-4-5-7-23(22)26-25(27)30-17-16-29-21-14-8-18(2)9-15-21/h4-15H,3,16-17H2,1-2H3. The molecule has 5 heteroatoms. The zero-order chi connectivity index (χ0) is 20.9. The summed E-state index contributed by atoms with van der Waals surface area (Å²) in [4.78, 5) is 18.1. The first-order valence-corrected chi connectivity index (χ1v) is 11.1. The van der Waals surface area contributed by atoms with Crippen LogP contribution < -0.4 is 10.3 Å². The van der Waals surface area contributed by atoms with Crippen molar-refractivity contribution >= 4 is 22.7 Å². The molecule has 0 amide bonds. The Bertz CT molecular complexity index is 1200. The summed E-state index contributed by atoms with van der Waals surface area (Å²) >= 11 is 1.53. The van der Waals surface area contributed by atoms with Crippen molar-refractivity contribution in [2.75, 3.05) is 12.4 Å². The number of benzene rings is 3. The van der Waals surface area contributed by atoms with E-state index in [-0.39, 0.29) is 5.56 Å². The Hall–Kier alpha value is -3.05. The summed E-state index contributed by atoms with van der Waals surface area (Å²) in [7, 11) is 0. The predicted molar refractivity (Wildman–Crippen MR) is 124 cm³/mol. The highest BCUT2D eigenvalue weighted by Gasteiger charge is 2.13. The quantitative estimate of drug-likeness (QED) is 0.229. The maximum absolute atomic E-state index is 13.3. The smallest absolute Gasteiger partial charge is 0.266 e. The second kappa shape index (κ2) is 9.18. The Kier molecular flexibility index (Phi) is 6.19. The molecule has 4 rings (SSSR count). The number of ether oxygens (including phenoxy) is 1. The summed E-state index contributed by atoms with van der Waals surface area (Å²) in [6.07, 6.45) is 0.961. The van der Waals surface area contributed by atoms with Crippen LogP contribution in [0.15, 0.2) is 82.7 Å². The molecular weight excluding hydrogens is 392 g/mol. The van der Waals surface area contributed by atoms with E-state index in [1.807, 2.05) is 60.7 Å².